The topological polar surface area (TPSA) is 104 Å². The number of halogens is 1. The zero-order valence-electron chi connectivity index (χ0n) is 19.6. The monoisotopic (exact) mass is 525 g/mol. The van der Waals surface area contributed by atoms with E-state index in [2.05, 4.69) is 5.32 Å². The number of carbonyl (C=O) groups is 3. The molecule has 10 heteroatoms. The molecule has 36 heavy (non-hydrogen) atoms. The Balaban J connectivity index is 1.71. The molecule has 3 aromatic rings. The molecule has 0 radical (unpaired) electrons. The maximum Gasteiger partial charge on any atom is 0.252 e. The van der Waals surface area contributed by atoms with Crippen LogP contribution < -0.4 is 10.2 Å². The highest BCUT2D eigenvalue weighted by Gasteiger charge is 2.47. The van der Waals surface area contributed by atoms with Gasteiger partial charge < -0.3 is 5.32 Å². The second kappa shape index (κ2) is 10.2. The summed E-state index contributed by atoms with van der Waals surface area (Å²) >= 11 is 6.32. The zero-order chi connectivity index (χ0) is 26.0. The number of benzene rings is 3. The summed E-state index contributed by atoms with van der Waals surface area (Å²) in [7, 11) is -4.17. The molecule has 186 valence electrons. The van der Waals surface area contributed by atoms with Crippen LogP contribution in [0.3, 0.4) is 0 Å². The lowest BCUT2D eigenvalue weighted by Crippen LogP contribution is -2.45. The van der Waals surface area contributed by atoms with E-state index in [1.165, 1.54) is 31.2 Å². The largest absolute Gasteiger partial charge is 0.326 e. The first-order valence-electron chi connectivity index (χ1n) is 11.1. The van der Waals surface area contributed by atoms with E-state index in [1.54, 1.807) is 48.5 Å². The molecule has 1 aliphatic heterocycles. The van der Waals surface area contributed by atoms with Gasteiger partial charge in [0.2, 0.25) is 21.8 Å². The molecule has 4 rings (SSSR count). The summed E-state index contributed by atoms with van der Waals surface area (Å²) in [5.74, 6) is -1.44. The summed E-state index contributed by atoms with van der Waals surface area (Å²) in [6.07, 6.45) is -0.318. The molecular formula is C26H24ClN3O5S. The molecule has 0 bridgehead atoms. The molecule has 0 spiro atoms. The van der Waals surface area contributed by atoms with Gasteiger partial charge in [-0.25, -0.2) is 13.3 Å². The molecule has 8 nitrogen and oxygen atoms in total. The van der Waals surface area contributed by atoms with Gasteiger partial charge in [-0.2, -0.15) is 4.31 Å². The summed E-state index contributed by atoms with van der Waals surface area (Å²) in [6.45, 7) is 3.02. The van der Waals surface area contributed by atoms with Crippen molar-refractivity contribution in [1.29, 1.82) is 0 Å². The first-order valence-corrected chi connectivity index (χ1v) is 13.0. The Bertz CT molecular complexity index is 1420. The first kappa shape index (κ1) is 25.6. The lowest BCUT2D eigenvalue weighted by molar-refractivity contribution is -0.122. The molecule has 0 saturated carbocycles. The van der Waals surface area contributed by atoms with Gasteiger partial charge in [0.25, 0.3) is 5.91 Å². The highest BCUT2D eigenvalue weighted by Crippen LogP contribution is 2.32. The van der Waals surface area contributed by atoms with E-state index in [9.17, 15) is 22.8 Å². The van der Waals surface area contributed by atoms with Gasteiger partial charge in [0, 0.05) is 24.2 Å². The molecule has 1 unspecified atom stereocenters. The normalized spacial score (nSPS) is 16.0. The van der Waals surface area contributed by atoms with Crippen LogP contribution in [-0.2, 0) is 31.0 Å². The quantitative estimate of drug-likeness (QED) is 0.467. The number of hydrogen-bond acceptors (Lipinski definition) is 5. The van der Waals surface area contributed by atoms with Crippen molar-refractivity contribution in [2.45, 2.75) is 37.8 Å². The average molecular weight is 526 g/mol. The Morgan fingerprint density at radius 3 is 2.28 bits per heavy atom. The van der Waals surface area contributed by atoms with Crippen LogP contribution in [0.25, 0.3) is 0 Å². The van der Waals surface area contributed by atoms with E-state index in [0.717, 1.165) is 14.8 Å². The Morgan fingerprint density at radius 1 is 1.03 bits per heavy atom. The highest BCUT2D eigenvalue weighted by atomic mass is 35.5. The molecule has 1 saturated heterocycles. The highest BCUT2D eigenvalue weighted by molar-refractivity contribution is 7.89. The minimum Gasteiger partial charge on any atom is -0.326 e. The molecule has 0 aromatic heterocycles. The van der Waals surface area contributed by atoms with Crippen molar-refractivity contribution in [2.24, 2.45) is 0 Å². The summed E-state index contributed by atoms with van der Waals surface area (Å²) in [5, 5.41) is 2.97. The molecule has 1 N–H and O–H groups in total. The van der Waals surface area contributed by atoms with Crippen LogP contribution in [0.15, 0.2) is 77.7 Å². The second-order valence-electron chi connectivity index (χ2n) is 8.47. The van der Waals surface area contributed by atoms with Crippen LogP contribution in [0.4, 0.5) is 11.4 Å². The number of sulfonamides is 1. The van der Waals surface area contributed by atoms with Gasteiger partial charge in [0.05, 0.1) is 17.0 Å². The van der Waals surface area contributed by atoms with Crippen LogP contribution in [-0.4, -0.2) is 36.5 Å². The Morgan fingerprint density at radius 2 is 1.67 bits per heavy atom. The van der Waals surface area contributed by atoms with Crippen molar-refractivity contribution in [2.75, 3.05) is 10.2 Å². The van der Waals surface area contributed by atoms with Crippen molar-refractivity contribution < 1.29 is 22.8 Å². The number of amides is 3. The average Bonchev–Trinajstić information content (AvgIpc) is 3.12. The number of nitrogens with one attached hydrogen (secondary N) is 1. The van der Waals surface area contributed by atoms with E-state index in [4.69, 9.17) is 11.6 Å². The fourth-order valence-electron chi connectivity index (χ4n) is 4.01. The number of carbonyl (C=O) groups excluding carboxylic acids is 3. The predicted octanol–water partition coefficient (Wildman–Crippen LogP) is 4.13. The number of anilines is 2. The summed E-state index contributed by atoms with van der Waals surface area (Å²) < 4.78 is 28.5. The van der Waals surface area contributed by atoms with E-state index in [1.807, 2.05) is 6.92 Å². The number of rotatable bonds is 7. The van der Waals surface area contributed by atoms with Gasteiger partial charge in [0.1, 0.15) is 6.04 Å². The summed E-state index contributed by atoms with van der Waals surface area (Å²) in [5.41, 5.74) is 2.18. The maximum absolute atomic E-state index is 13.7. The molecule has 1 heterocycles. The van der Waals surface area contributed by atoms with Crippen LogP contribution in [0.2, 0.25) is 5.02 Å². The predicted molar refractivity (Wildman–Crippen MR) is 137 cm³/mol. The third-order valence-corrected chi connectivity index (χ3v) is 8.07. The minimum absolute atomic E-state index is 0.0125. The van der Waals surface area contributed by atoms with Gasteiger partial charge in [-0.3, -0.25) is 14.4 Å². The van der Waals surface area contributed by atoms with Crippen molar-refractivity contribution in [1.82, 2.24) is 4.31 Å². The second-order valence-corrected chi connectivity index (χ2v) is 10.8. The van der Waals surface area contributed by atoms with Gasteiger partial charge in [-0.1, -0.05) is 47.5 Å². The van der Waals surface area contributed by atoms with Crippen molar-refractivity contribution in [3.63, 3.8) is 0 Å². The third-order valence-electron chi connectivity index (χ3n) is 5.83. The molecule has 0 aliphatic carbocycles. The zero-order valence-corrected chi connectivity index (χ0v) is 21.2. The smallest absolute Gasteiger partial charge is 0.252 e. The molecule has 1 fully saturated rings. The van der Waals surface area contributed by atoms with Crippen molar-refractivity contribution in [3.05, 3.63) is 88.9 Å². The van der Waals surface area contributed by atoms with Gasteiger partial charge >= 0.3 is 0 Å². The summed E-state index contributed by atoms with van der Waals surface area (Å²) in [4.78, 5) is 38.8. The third kappa shape index (κ3) is 5.18. The minimum atomic E-state index is -4.17. The lowest BCUT2D eigenvalue weighted by Gasteiger charge is -2.27. The summed E-state index contributed by atoms with van der Waals surface area (Å²) in [6, 6.07) is 18.0. The fourth-order valence-corrected chi connectivity index (χ4v) is 5.77. The van der Waals surface area contributed by atoms with Gasteiger partial charge in [-0.05, 0) is 55.0 Å². The van der Waals surface area contributed by atoms with Crippen LogP contribution in [0, 0.1) is 6.92 Å². The van der Waals surface area contributed by atoms with E-state index >= 15 is 0 Å². The van der Waals surface area contributed by atoms with Crippen LogP contribution in [0.5, 0.6) is 0 Å². The fraction of sp³-hybridized carbons (Fsp3) is 0.192. The first-order chi connectivity index (χ1) is 17.1. The molecule has 1 aliphatic rings. The number of imide groups is 1. The number of nitrogens with zero attached hydrogens (tertiary/aromatic N) is 2. The maximum atomic E-state index is 13.7. The van der Waals surface area contributed by atoms with E-state index in [-0.39, 0.29) is 29.5 Å². The van der Waals surface area contributed by atoms with Crippen molar-refractivity contribution >= 4 is 50.7 Å². The molecule has 3 aromatic carbocycles. The Kier molecular flexibility index (Phi) is 7.26. The van der Waals surface area contributed by atoms with Gasteiger partial charge in [0.15, 0.2) is 0 Å². The standard InChI is InChI=1S/C26H24ClN3O5S/c1-17-7-13-22(14-8-17)36(34,35)29(16-19-5-3-4-6-23(19)27)24-15-25(32)30(26(24)33)21-11-9-20(10-12-21)28-18(2)31/h3-14,24H,15-16H2,1-2H3,(H,28,31). The van der Waals surface area contributed by atoms with E-state index < -0.39 is 27.9 Å². The van der Waals surface area contributed by atoms with Crippen LogP contribution >= 0.6 is 11.6 Å². The number of aryl methyl sites for hydroxylation is 1. The Hall–Kier alpha value is -3.53. The number of hydrogen-bond donors (Lipinski definition) is 1. The molecular weight excluding hydrogens is 502 g/mol. The SMILES string of the molecule is CC(=O)Nc1ccc(N2C(=O)CC(N(Cc3ccccc3Cl)S(=O)(=O)c3ccc(C)cc3)C2=O)cc1. The van der Waals surface area contributed by atoms with Crippen LogP contribution in [0.1, 0.15) is 24.5 Å². The molecule has 3 amide bonds. The Labute approximate surface area is 214 Å². The van der Waals surface area contributed by atoms with E-state index in [0.29, 0.717) is 16.3 Å². The lowest BCUT2D eigenvalue weighted by atomic mass is 10.2. The molecule has 1 atom stereocenters. The van der Waals surface area contributed by atoms with Gasteiger partial charge in [-0.15, -0.1) is 0 Å². The van der Waals surface area contributed by atoms with Crippen molar-refractivity contribution in [3.8, 4) is 0 Å².